The summed E-state index contributed by atoms with van der Waals surface area (Å²) in [5, 5.41) is 6.21. The Hall–Kier alpha value is -2.46. The van der Waals surface area contributed by atoms with E-state index in [0.29, 0.717) is 24.4 Å². The fourth-order valence-electron chi connectivity index (χ4n) is 2.75. The zero-order valence-corrected chi connectivity index (χ0v) is 15.8. The molecule has 2 aromatic rings. The summed E-state index contributed by atoms with van der Waals surface area (Å²) in [6.07, 6.45) is 1.09. The number of benzene rings is 2. The maximum Gasteiger partial charge on any atom is 0.241 e. The Labute approximate surface area is 156 Å². The van der Waals surface area contributed by atoms with E-state index < -0.39 is 0 Å². The Morgan fingerprint density at radius 3 is 2.23 bits per heavy atom. The normalized spacial score (nSPS) is 12.0. The average molecular weight is 352 g/mol. The van der Waals surface area contributed by atoms with E-state index in [0.717, 1.165) is 17.7 Å². The zero-order chi connectivity index (χ0) is 18.9. The highest BCUT2D eigenvalue weighted by Gasteiger charge is 2.19. The number of carbonyl (C=O) groups excluding carboxylic acids is 2. The van der Waals surface area contributed by atoms with Crippen LogP contribution in [0.25, 0.3) is 0 Å². The van der Waals surface area contributed by atoms with Crippen LogP contribution in [0.5, 0.6) is 0 Å². The molecule has 1 atom stereocenters. The van der Waals surface area contributed by atoms with Crippen LogP contribution in [0.3, 0.4) is 0 Å². The SMILES string of the molecule is Cc1ccc(NC(=O)[C@H](CC(C)C)NCCC(=O)c2ccccc2)cc1. The monoisotopic (exact) mass is 352 g/mol. The van der Waals surface area contributed by atoms with Crippen LogP contribution in [0.1, 0.15) is 42.6 Å². The summed E-state index contributed by atoms with van der Waals surface area (Å²) >= 11 is 0. The predicted octanol–water partition coefficient (Wildman–Crippen LogP) is 4.21. The second-order valence-electron chi connectivity index (χ2n) is 7.03. The van der Waals surface area contributed by atoms with Crippen molar-refractivity contribution in [1.82, 2.24) is 5.32 Å². The lowest BCUT2D eigenvalue weighted by molar-refractivity contribution is -0.118. The van der Waals surface area contributed by atoms with Gasteiger partial charge in [0.05, 0.1) is 6.04 Å². The van der Waals surface area contributed by atoms with Crippen molar-refractivity contribution in [2.45, 2.75) is 39.7 Å². The van der Waals surface area contributed by atoms with Gasteiger partial charge in [-0.25, -0.2) is 0 Å². The van der Waals surface area contributed by atoms with Gasteiger partial charge in [0.1, 0.15) is 0 Å². The van der Waals surface area contributed by atoms with Gasteiger partial charge in [0, 0.05) is 24.2 Å². The van der Waals surface area contributed by atoms with Gasteiger partial charge in [-0.1, -0.05) is 61.9 Å². The molecule has 0 aromatic heterocycles. The van der Waals surface area contributed by atoms with Crippen LogP contribution in [-0.4, -0.2) is 24.3 Å². The van der Waals surface area contributed by atoms with Gasteiger partial charge in [-0.2, -0.15) is 0 Å². The highest BCUT2D eigenvalue weighted by molar-refractivity contribution is 5.96. The smallest absolute Gasteiger partial charge is 0.241 e. The first kappa shape index (κ1) is 19.9. The topological polar surface area (TPSA) is 58.2 Å². The lowest BCUT2D eigenvalue weighted by Crippen LogP contribution is -2.42. The molecule has 0 aliphatic heterocycles. The molecule has 0 radical (unpaired) electrons. The number of hydrogen-bond acceptors (Lipinski definition) is 3. The van der Waals surface area contributed by atoms with E-state index in [1.807, 2.05) is 61.5 Å². The van der Waals surface area contributed by atoms with Crippen LogP contribution in [0.2, 0.25) is 0 Å². The highest BCUT2D eigenvalue weighted by Crippen LogP contribution is 2.12. The van der Waals surface area contributed by atoms with Crippen LogP contribution in [0.15, 0.2) is 54.6 Å². The van der Waals surface area contributed by atoms with E-state index in [1.54, 1.807) is 0 Å². The number of aryl methyl sites for hydroxylation is 1. The lowest BCUT2D eigenvalue weighted by atomic mass is 10.0. The molecule has 138 valence electrons. The minimum atomic E-state index is -0.320. The van der Waals surface area contributed by atoms with Gasteiger partial charge < -0.3 is 10.6 Å². The van der Waals surface area contributed by atoms with Crippen molar-refractivity contribution in [3.63, 3.8) is 0 Å². The van der Waals surface area contributed by atoms with Gasteiger partial charge >= 0.3 is 0 Å². The first-order chi connectivity index (χ1) is 12.5. The first-order valence-electron chi connectivity index (χ1n) is 9.15. The molecule has 0 saturated heterocycles. The molecule has 0 unspecified atom stereocenters. The van der Waals surface area contributed by atoms with Crippen molar-refractivity contribution in [2.24, 2.45) is 5.92 Å². The molecular formula is C22H28N2O2. The van der Waals surface area contributed by atoms with E-state index in [9.17, 15) is 9.59 Å². The Morgan fingerprint density at radius 1 is 0.962 bits per heavy atom. The fourth-order valence-corrected chi connectivity index (χ4v) is 2.75. The minimum Gasteiger partial charge on any atom is -0.325 e. The van der Waals surface area contributed by atoms with Gasteiger partial charge in [-0.05, 0) is 31.4 Å². The van der Waals surface area contributed by atoms with Crippen molar-refractivity contribution < 1.29 is 9.59 Å². The second kappa shape index (κ2) is 9.88. The molecule has 0 bridgehead atoms. The molecule has 0 aliphatic carbocycles. The predicted molar refractivity (Wildman–Crippen MR) is 106 cm³/mol. The summed E-state index contributed by atoms with van der Waals surface area (Å²) < 4.78 is 0. The highest BCUT2D eigenvalue weighted by atomic mass is 16.2. The van der Waals surface area contributed by atoms with Crippen molar-refractivity contribution in [3.05, 3.63) is 65.7 Å². The number of carbonyl (C=O) groups is 2. The molecule has 0 heterocycles. The summed E-state index contributed by atoms with van der Waals surface area (Å²) in [5.41, 5.74) is 2.65. The fraction of sp³-hybridized carbons (Fsp3) is 0.364. The van der Waals surface area contributed by atoms with E-state index in [-0.39, 0.29) is 17.7 Å². The van der Waals surface area contributed by atoms with Gasteiger partial charge in [0.15, 0.2) is 5.78 Å². The number of nitrogens with one attached hydrogen (secondary N) is 2. The minimum absolute atomic E-state index is 0.0605. The van der Waals surface area contributed by atoms with Crippen LogP contribution in [0, 0.1) is 12.8 Å². The third-order valence-corrected chi connectivity index (χ3v) is 4.18. The van der Waals surface area contributed by atoms with Crippen molar-refractivity contribution >= 4 is 17.4 Å². The average Bonchev–Trinajstić information content (AvgIpc) is 2.63. The van der Waals surface area contributed by atoms with Crippen LogP contribution in [0.4, 0.5) is 5.69 Å². The molecule has 2 rings (SSSR count). The number of rotatable bonds is 9. The number of ketones is 1. The zero-order valence-electron chi connectivity index (χ0n) is 15.8. The number of hydrogen-bond donors (Lipinski definition) is 2. The third kappa shape index (κ3) is 6.45. The molecule has 0 fully saturated rings. The quantitative estimate of drug-likeness (QED) is 0.665. The van der Waals surface area contributed by atoms with Gasteiger partial charge in [0.25, 0.3) is 0 Å². The first-order valence-corrected chi connectivity index (χ1v) is 9.15. The van der Waals surface area contributed by atoms with Crippen LogP contribution >= 0.6 is 0 Å². The van der Waals surface area contributed by atoms with Gasteiger partial charge in [-0.3, -0.25) is 9.59 Å². The number of Topliss-reactive ketones (excluding diaryl/α,β-unsaturated/α-hetero) is 1. The summed E-state index contributed by atoms with van der Waals surface area (Å²) in [7, 11) is 0. The number of anilines is 1. The largest absolute Gasteiger partial charge is 0.325 e. The lowest BCUT2D eigenvalue weighted by Gasteiger charge is -2.20. The molecule has 1 amide bonds. The summed E-state index contributed by atoms with van der Waals surface area (Å²) in [4.78, 5) is 24.8. The Bertz CT molecular complexity index is 709. The molecular weight excluding hydrogens is 324 g/mol. The molecule has 4 nitrogen and oxygen atoms in total. The van der Waals surface area contributed by atoms with Crippen LogP contribution in [-0.2, 0) is 4.79 Å². The van der Waals surface area contributed by atoms with Gasteiger partial charge in [0.2, 0.25) is 5.91 Å². The third-order valence-electron chi connectivity index (χ3n) is 4.18. The Morgan fingerprint density at radius 2 is 1.62 bits per heavy atom. The molecule has 0 aliphatic rings. The second-order valence-corrected chi connectivity index (χ2v) is 7.03. The molecule has 2 N–H and O–H groups in total. The van der Waals surface area contributed by atoms with Crippen molar-refractivity contribution in [2.75, 3.05) is 11.9 Å². The van der Waals surface area contributed by atoms with E-state index in [4.69, 9.17) is 0 Å². The van der Waals surface area contributed by atoms with Gasteiger partial charge in [-0.15, -0.1) is 0 Å². The molecule has 4 heteroatoms. The maximum absolute atomic E-state index is 12.6. The summed E-state index contributed by atoms with van der Waals surface area (Å²) in [6.45, 7) is 6.66. The van der Waals surface area contributed by atoms with E-state index in [2.05, 4.69) is 24.5 Å². The maximum atomic E-state index is 12.6. The number of amides is 1. The molecule has 2 aromatic carbocycles. The van der Waals surface area contributed by atoms with E-state index in [1.165, 1.54) is 0 Å². The standard InChI is InChI=1S/C22H28N2O2/c1-16(2)15-20(22(26)24-19-11-9-17(3)10-12-19)23-14-13-21(25)18-7-5-4-6-8-18/h4-12,16,20,23H,13-15H2,1-3H3,(H,24,26)/t20-/m0/s1. The summed E-state index contributed by atoms with van der Waals surface area (Å²) in [5.74, 6) is 0.399. The molecule has 0 spiro atoms. The van der Waals surface area contributed by atoms with Crippen molar-refractivity contribution in [1.29, 1.82) is 0 Å². The Balaban J connectivity index is 1.90. The van der Waals surface area contributed by atoms with Crippen molar-refractivity contribution in [3.8, 4) is 0 Å². The van der Waals surface area contributed by atoms with E-state index >= 15 is 0 Å². The van der Waals surface area contributed by atoms with Crippen LogP contribution < -0.4 is 10.6 Å². The Kier molecular flexibility index (Phi) is 7.54. The molecule has 0 saturated carbocycles. The summed E-state index contributed by atoms with van der Waals surface area (Å²) in [6, 6.07) is 16.7. The molecule has 26 heavy (non-hydrogen) atoms.